The maximum atomic E-state index is 11.0. The molecule has 0 fully saturated rings. The third kappa shape index (κ3) is 1.38. The smallest absolute Gasteiger partial charge is 0.280 e. The van der Waals surface area contributed by atoms with Gasteiger partial charge < -0.3 is 4.40 Å². The highest BCUT2D eigenvalue weighted by Gasteiger charge is 2.16. The lowest BCUT2D eigenvalue weighted by molar-refractivity contribution is 0.607. The number of hydrogen-bond acceptors (Lipinski definition) is 4. The van der Waals surface area contributed by atoms with Crippen LogP contribution in [0.5, 0.6) is 0 Å². The molecule has 13 heavy (non-hydrogen) atoms. The predicted molar refractivity (Wildman–Crippen MR) is 46.0 cm³/mol. The lowest BCUT2D eigenvalue weighted by Crippen LogP contribution is -1.92. The molecule has 0 unspecified atom stereocenters. The van der Waals surface area contributed by atoms with Crippen LogP contribution in [0.3, 0.4) is 0 Å². The Morgan fingerprint density at radius 3 is 2.92 bits per heavy atom. The van der Waals surface area contributed by atoms with E-state index >= 15 is 0 Å². The fraction of sp³-hybridized carbons (Fsp3) is 0. The van der Waals surface area contributed by atoms with E-state index in [0.29, 0.717) is 5.52 Å². The first kappa shape index (κ1) is 8.46. The lowest BCUT2D eigenvalue weighted by Gasteiger charge is -1.91. The highest BCUT2D eigenvalue weighted by atomic mass is 35.7. The lowest BCUT2D eigenvalue weighted by atomic mass is 10.6. The number of imidazole rings is 1. The topological polar surface area (TPSA) is 64.3 Å². The van der Waals surface area contributed by atoms with Gasteiger partial charge in [-0.1, -0.05) is 0 Å². The van der Waals surface area contributed by atoms with Crippen molar-refractivity contribution in [2.75, 3.05) is 0 Å². The van der Waals surface area contributed by atoms with Crippen LogP contribution >= 0.6 is 10.7 Å². The zero-order valence-electron chi connectivity index (χ0n) is 6.25. The van der Waals surface area contributed by atoms with Gasteiger partial charge in [-0.2, -0.15) is 0 Å². The molecule has 0 aliphatic heterocycles. The number of hydrogen-bond donors (Lipinski definition) is 0. The molecule has 0 spiro atoms. The summed E-state index contributed by atoms with van der Waals surface area (Å²) in [4.78, 5) is 7.44. The number of halogens is 1. The van der Waals surface area contributed by atoms with Gasteiger partial charge in [-0.15, -0.1) is 0 Å². The molecule has 0 bridgehead atoms. The summed E-state index contributed by atoms with van der Waals surface area (Å²) in [6, 6.07) is 0. The molecule has 0 saturated carbocycles. The van der Waals surface area contributed by atoms with Crippen molar-refractivity contribution >= 4 is 25.2 Å². The van der Waals surface area contributed by atoms with Crippen molar-refractivity contribution in [2.24, 2.45) is 0 Å². The van der Waals surface area contributed by atoms with Crippen LogP contribution in [0.15, 0.2) is 29.9 Å². The van der Waals surface area contributed by atoms with Crippen molar-refractivity contribution in [3.63, 3.8) is 0 Å². The second-order valence-corrected chi connectivity index (χ2v) is 4.84. The third-order valence-corrected chi connectivity index (χ3v) is 2.75. The fourth-order valence-electron chi connectivity index (χ4n) is 1.01. The van der Waals surface area contributed by atoms with Crippen molar-refractivity contribution in [2.45, 2.75) is 5.03 Å². The van der Waals surface area contributed by atoms with E-state index in [1.165, 1.54) is 23.1 Å². The zero-order valence-corrected chi connectivity index (χ0v) is 7.83. The summed E-state index contributed by atoms with van der Waals surface area (Å²) in [6.45, 7) is 0. The number of fused-ring (bicyclic) bond motifs is 1. The second kappa shape index (κ2) is 2.68. The summed E-state index contributed by atoms with van der Waals surface area (Å²) < 4.78 is 23.5. The second-order valence-electron chi connectivity index (χ2n) is 2.36. The maximum absolute atomic E-state index is 11.0. The quantitative estimate of drug-likeness (QED) is 0.659. The van der Waals surface area contributed by atoms with E-state index in [1.807, 2.05) is 0 Å². The van der Waals surface area contributed by atoms with Crippen molar-refractivity contribution < 1.29 is 8.42 Å². The molecule has 2 aromatic heterocycles. The van der Waals surface area contributed by atoms with Gasteiger partial charge in [0.15, 0.2) is 5.03 Å². The van der Waals surface area contributed by atoms with Gasteiger partial charge >= 0.3 is 0 Å². The van der Waals surface area contributed by atoms with Crippen LogP contribution in [-0.4, -0.2) is 22.8 Å². The van der Waals surface area contributed by atoms with E-state index in [0.717, 1.165) is 0 Å². The predicted octanol–water partition coefficient (Wildman–Crippen LogP) is 0.657. The minimum atomic E-state index is -3.79. The van der Waals surface area contributed by atoms with Crippen LogP contribution < -0.4 is 0 Å². The van der Waals surface area contributed by atoms with Crippen LogP contribution in [0.1, 0.15) is 0 Å². The van der Waals surface area contributed by atoms with Crippen molar-refractivity contribution in [1.82, 2.24) is 14.4 Å². The van der Waals surface area contributed by atoms with Crippen LogP contribution in [0.2, 0.25) is 0 Å². The average molecular weight is 218 g/mol. The normalized spacial score (nSPS) is 12.1. The van der Waals surface area contributed by atoms with E-state index in [-0.39, 0.29) is 5.03 Å². The summed E-state index contributed by atoms with van der Waals surface area (Å²) >= 11 is 0. The van der Waals surface area contributed by atoms with Crippen LogP contribution in [0.25, 0.3) is 5.52 Å². The summed E-state index contributed by atoms with van der Waals surface area (Å²) in [6.07, 6.45) is 5.88. The molecule has 0 aliphatic carbocycles. The Labute approximate surface area is 78.4 Å². The van der Waals surface area contributed by atoms with E-state index in [2.05, 4.69) is 9.97 Å². The van der Waals surface area contributed by atoms with Gasteiger partial charge in [-0.25, -0.2) is 13.4 Å². The molecular weight excluding hydrogens is 214 g/mol. The molecule has 0 radical (unpaired) electrons. The molecule has 0 saturated heterocycles. The fourth-order valence-corrected chi connectivity index (χ4v) is 1.94. The summed E-state index contributed by atoms with van der Waals surface area (Å²) in [5, 5.41) is -0.165. The Bertz CT molecular complexity index is 548. The van der Waals surface area contributed by atoms with Crippen LogP contribution in [-0.2, 0) is 9.05 Å². The number of rotatable bonds is 1. The maximum Gasteiger partial charge on any atom is 0.280 e. The molecule has 2 aromatic rings. The van der Waals surface area contributed by atoms with Gasteiger partial charge in [0.25, 0.3) is 9.05 Å². The van der Waals surface area contributed by atoms with E-state index < -0.39 is 9.05 Å². The van der Waals surface area contributed by atoms with Crippen LogP contribution in [0, 0.1) is 0 Å². The van der Waals surface area contributed by atoms with E-state index in [4.69, 9.17) is 10.7 Å². The molecule has 2 rings (SSSR count). The zero-order chi connectivity index (χ0) is 9.47. The van der Waals surface area contributed by atoms with Crippen molar-refractivity contribution in [1.29, 1.82) is 0 Å². The standard InChI is InChI=1S/C6H4ClN3O2S/c7-13(11,12)6-5-3-8-1-2-10(5)4-9-6/h1-4H. The number of aromatic nitrogens is 3. The minimum absolute atomic E-state index is 0.165. The van der Waals surface area contributed by atoms with Gasteiger partial charge in [-0.05, 0) is 0 Å². The molecule has 68 valence electrons. The highest BCUT2D eigenvalue weighted by molar-refractivity contribution is 8.13. The molecule has 0 aromatic carbocycles. The SMILES string of the molecule is O=S(=O)(Cl)c1ncn2ccncc12. The first-order valence-electron chi connectivity index (χ1n) is 3.30. The van der Waals surface area contributed by atoms with E-state index in [1.54, 1.807) is 6.20 Å². The molecule has 2 heterocycles. The summed E-state index contributed by atoms with van der Waals surface area (Å²) in [5.74, 6) is 0. The molecule has 0 atom stereocenters. The summed E-state index contributed by atoms with van der Waals surface area (Å²) in [5.41, 5.74) is 0.373. The molecule has 0 aliphatic rings. The van der Waals surface area contributed by atoms with E-state index in [9.17, 15) is 8.42 Å². The first-order valence-corrected chi connectivity index (χ1v) is 5.61. The van der Waals surface area contributed by atoms with Gasteiger partial charge in [0.1, 0.15) is 11.8 Å². The van der Waals surface area contributed by atoms with Gasteiger partial charge in [0.05, 0.1) is 6.20 Å². The summed E-state index contributed by atoms with van der Waals surface area (Å²) in [7, 11) is 1.36. The van der Waals surface area contributed by atoms with Crippen molar-refractivity contribution in [3.8, 4) is 0 Å². The Hall–Kier alpha value is -1.14. The number of nitrogens with zero attached hydrogens (tertiary/aromatic N) is 3. The third-order valence-electron chi connectivity index (χ3n) is 1.54. The first-order chi connectivity index (χ1) is 6.09. The Morgan fingerprint density at radius 1 is 1.46 bits per heavy atom. The molecule has 0 amide bonds. The molecule has 0 N–H and O–H groups in total. The Kier molecular flexibility index (Phi) is 1.74. The minimum Gasteiger partial charge on any atom is -0.302 e. The Balaban J connectivity index is 2.87. The molecule has 7 heteroatoms. The highest BCUT2D eigenvalue weighted by Crippen LogP contribution is 2.17. The van der Waals surface area contributed by atoms with Gasteiger partial charge in [0, 0.05) is 23.1 Å². The monoisotopic (exact) mass is 217 g/mol. The molecule has 5 nitrogen and oxygen atoms in total. The Morgan fingerprint density at radius 2 is 2.23 bits per heavy atom. The molecular formula is C6H4ClN3O2S. The van der Waals surface area contributed by atoms with Gasteiger partial charge in [-0.3, -0.25) is 4.98 Å². The van der Waals surface area contributed by atoms with Gasteiger partial charge in [0.2, 0.25) is 0 Å². The van der Waals surface area contributed by atoms with Crippen molar-refractivity contribution in [3.05, 3.63) is 24.9 Å². The average Bonchev–Trinajstić information content (AvgIpc) is 2.45. The van der Waals surface area contributed by atoms with Crippen LogP contribution in [0.4, 0.5) is 0 Å². The largest absolute Gasteiger partial charge is 0.302 e.